The van der Waals surface area contributed by atoms with Crippen molar-refractivity contribution in [1.29, 1.82) is 0 Å². The lowest BCUT2D eigenvalue weighted by Gasteiger charge is -2.25. The summed E-state index contributed by atoms with van der Waals surface area (Å²) in [5.74, 6) is 1.46. The number of aliphatic hydroxyl groups is 1. The number of hydrogen-bond acceptors (Lipinski definition) is 5. The van der Waals surface area contributed by atoms with Gasteiger partial charge in [-0.25, -0.2) is 0 Å². The molecule has 1 aliphatic carbocycles. The van der Waals surface area contributed by atoms with Gasteiger partial charge in [0.1, 0.15) is 0 Å². The maximum absolute atomic E-state index is 10.1. The number of rotatable bonds is 11. The standard InChI is InChI=1S/C18H27NO4/c1-4-9-23-13-16(20)12-19(15-6-7-15)11-14-5-8-17(21-2)18(10-14)22-3/h4-5,8,10,15-16,20H,1,6-7,9,11-13H2,2-3H3. The summed E-state index contributed by atoms with van der Waals surface area (Å²) < 4.78 is 16.0. The van der Waals surface area contributed by atoms with Crippen LogP contribution < -0.4 is 9.47 Å². The second-order valence-corrected chi connectivity index (χ2v) is 5.83. The molecule has 0 aliphatic heterocycles. The Bertz CT molecular complexity index is 502. The summed E-state index contributed by atoms with van der Waals surface area (Å²) >= 11 is 0. The molecule has 0 saturated heterocycles. The third kappa shape index (κ3) is 5.53. The van der Waals surface area contributed by atoms with Crippen LogP contribution in [0.4, 0.5) is 0 Å². The maximum atomic E-state index is 10.1. The van der Waals surface area contributed by atoms with Crippen molar-refractivity contribution in [2.45, 2.75) is 31.5 Å². The summed E-state index contributed by atoms with van der Waals surface area (Å²) in [6, 6.07) is 6.51. The minimum atomic E-state index is -0.490. The molecule has 1 aromatic carbocycles. The van der Waals surface area contributed by atoms with E-state index in [0.717, 1.165) is 23.6 Å². The average Bonchev–Trinajstić information content (AvgIpc) is 3.39. The molecular weight excluding hydrogens is 294 g/mol. The highest BCUT2D eigenvalue weighted by molar-refractivity contribution is 5.42. The molecule has 0 amide bonds. The van der Waals surface area contributed by atoms with E-state index in [0.29, 0.717) is 25.8 Å². The Hall–Kier alpha value is -1.56. The van der Waals surface area contributed by atoms with Crippen molar-refractivity contribution in [2.24, 2.45) is 0 Å². The van der Waals surface area contributed by atoms with Crippen molar-refractivity contribution in [1.82, 2.24) is 4.90 Å². The molecule has 0 spiro atoms. The first kappa shape index (κ1) is 17.8. The van der Waals surface area contributed by atoms with E-state index in [-0.39, 0.29) is 0 Å². The fourth-order valence-electron chi connectivity index (χ4n) is 2.61. The highest BCUT2D eigenvalue weighted by Gasteiger charge is 2.30. The highest BCUT2D eigenvalue weighted by atomic mass is 16.5. The van der Waals surface area contributed by atoms with Gasteiger partial charge >= 0.3 is 0 Å². The van der Waals surface area contributed by atoms with Gasteiger partial charge in [-0.15, -0.1) is 6.58 Å². The van der Waals surface area contributed by atoms with Crippen LogP contribution >= 0.6 is 0 Å². The Morgan fingerprint density at radius 1 is 1.30 bits per heavy atom. The summed E-state index contributed by atoms with van der Waals surface area (Å²) in [5, 5.41) is 10.1. The van der Waals surface area contributed by atoms with Crippen molar-refractivity contribution in [3.63, 3.8) is 0 Å². The second-order valence-electron chi connectivity index (χ2n) is 5.83. The van der Waals surface area contributed by atoms with Crippen molar-refractivity contribution in [2.75, 3.05) is 34.0 Å². The third-order valence-corrected chi connectivity index (χ3v) is 3.89. The molecule has 1 N–H and O–H groups in total. The third-order valence-electron chi connectivity index (χ3n) is 3.89. The van der Waals surface area contributed by atoms with Crippen molar-refractivity contribution in [3.8, 4) is 11.5 Å². The summed E-state index contributed by atoms with van der Waals surface area (Å²) in [7, 11) is 3.27. The molecule has 0 heterocycles. The fourth-order valence-corrected chi connectivity index (χ4v) is 2.61. The zero-order valence-electron chi connectivity index (χ0n) is 14.0. The molecular formula is C18H27NO4. The average molecular weight is 321 g/mol. The number of aliphatic hydroxyl groups excluding tert-OH is 1. The van der Waals surface area contributed by atoms with Crippen LogP contribution in [0.2, 0.25) is 0 Å². The van der Waals surface area contributed by atoms with Crippen LogP contribution in [0.3, 0.4) is 0 Å². The smallest absolute Gasteiger partial charge is 0.161 e. The van der Waals surface area contributed by atoms with Crippen molar-refractivity contribution in [3.05, 3.63) is 36.4 Å². The minimum absolute atomic E-state index is 0.334. The van der Waals surface area contributed by atoms with Crippen LogP contribution in [0, 0.1) is 0 Å². The molecule has 0 bridgehead atoms. The number of ether oxygens (including phenoxy) is 3. The molecule has 1 aromatic rings. The first-order valence-corrected chi connectivity index (χ1v) is 7.99. The van der Waals surface area contributed by atoms with E-state index in [9.17, 15) is 5.11 Å². The maximum Gasteiger partial charge on any atom is 0.161 e. The lowest BCUT2D eigenvalue weighted by molar-refractivity contribution is 0.0227. The van der Waals surface area contributed by atoms with Crippen molar-refractivity contribution >= 4 is 0 Å². The highest BCUT2D eigenvalue weighted by Crippen LogP contribution is 2.31. The minimum Gasteiger partial charge on any atom is -0.493 e. The fraction of sp³-hybridized carbons (Fsp3) is 0.556. The topological polar surface area (TPSA) is 51.2 Å². The Morgan fingerprint density at radius 2 is 2.04 bits per heavy atom. The van der Waals surface area contributed by atoms with Crippen LogP contribution in [0.15, 0.2) is 30.9 Å². The number of hydrogen-bond donors (Lipinski definition) is 1. The van der Waals surface area contributed by atoms with Crippen LogP contribution in [0.1, 0.15) is 18.4 Å². The van der Waals surface area contributed by atoms with Crippen LogP contribution in [-0.4, -0.2) is 56.1 Å². The van der Waals surface area contributed by atoms with Gasteiger partial charge in [0.15, 0.2) is 11.5 Å². The zero-order valence-corrected chi connectivity index (χ0v) is 14.0. The Labute approximate surface area is 138 Å². The molecule has 1 fully saturated rings. The van der Waals surface area contributed by atoms with Gasteiger partial charge in [0.25, 0.3) is 0 Å². The van der Waals surface area contributed by atoms with Gasteiger partial charge in [0.2, 0.25) is 0 Å². The van der Waals surface area contributed by atoms with Gasteiger partial charge in [0.05, 0.1) is 33.5 Å². The number of methoxy groups -OCH3 is 2. The Kier molecular flexibility index (Phi) is 6.89. The second kappa shape index (κ2) is 8.91. The predicted octanol–water partition coefficient (Wildman–Crippen LogP) is 2.23. The van der Waals surface area contributed by atoms with Crippen molar-refractivity contribution < 1.29 is 19.3 Å². The van der Waals surface area contributed by atoms with E-state index in [4.69, 9.17) is 14.2 Å². The molecule has 5 nitrogen and oxygen atoms in total. The molecule has 1 unspecified atom stereocenters. The largest absolute Gasteiger partial charge is 0.493 e. The molecule has 1 saturated carbocycles. The molecule has 23 heavy (non-hydrogen) atoms. The summed E-state index contributed by atoms with van der Waals surface area (Å²) in [5.41, 5.74) is 1.15. The van der Waals surface area contributed by atoms with Gasteiger partial charge in [-0.1, -0.05) is 12.1 Å². The van der Waals surface area contributed by atoms with Crippen LogP contribution in [0.25, 0.3) is 0 Å². The van der Waals surface area contributed by atoms with Gasteiger partial charge in [-0.3, -0.25) is 4.90 Å². The van der Waals surface area contributed by atoms with E-state index in [1.165, 1.54) is 12.8 Å². The molecule has 0 aromatic heterocycles. The Morgan fingerprint density at radius 3 is 2.65 bits per heavy atom. The first-order valence-electron chi connectivity index (χ1n) is 7.99. The van der Waals surface area contributed by atoms with Gasteiger partial charge in [-0.2, -0.15) is 0 Å². The van der Waals surface area contributed by atoms with E-state index in [2.05, 4.69) is 11.5 Å². The molecule has 1 aliphatic rings. The van der Waals surface area contributed by atoms with E-state index in [1.54, 1.807) is 20.3 Å². The summed E-state index contributed by atoms with van der Waals surface area (Å²) in [6.07, 6.45) is 3.58. The molecule has 128 valence electrons. The lowest BCUT2D eigenvalue weighted by Crippen LogP contribution is -2.36. The lowest BCUT2D eigenvalue weighted by atomic mass is 10.1. The van der Waals surface area contributed by atoms with Gasteiger partial charge in [0, 0.05) is 19.1 Å². The molecule has 0 radical (unpaired) electrons. The summed E-state index contributed by atoms with van der Waals surface area (Å²) in [6.45, 7) is 5.80. The van der Waals surface area contributed by atoms with E-state index < -0.39 is 6.10 Å². The van der Waals surface area contributed by atoms with Gasteiger partial charge in [-0.05, 0) is 30.5 Å². The van der Waals surface area contributed by atoms with Crippen LogP contribution in [0.5, 0.6) is 11.5 Å². The Balaban J connectivity index is 1.95. The molecule has 5 heteroatoms. The molecule has 2 rings (SSSR count). The number of benzene rings is 1. The summed E-state index contributed by atoms with van der Waals surface area (Å²) in [4.78, 5) is 2.31. The van der Waals surface area contributed by atoms with Gasteiger partial charge < -0.3 is 19.3 Å². The quantitative estimate of drug-likeness (QED) is 0.500. The van der Waals surface area contributed by atoms with E-state index in [1.807, 2.05) is 18.2 Å². The SMILES string of the molecule is C=CCOCC(O)CN(Cc1ccc(OC)c(OC)c1)C1CC1. The van der Waals surface area contributed by atoms with Crippen LogP contribution in [-0.2, 0) is 11.3 Å². The zero-order chi connectivity index (χ0) is 16.7. The predicted molar refractivity (Wildman–Crippen MR) is 90.0 cm³/mol. The molecule has 1 atom stereocenters. The van der Waals surface area contributed by atoms with E-state index >= 15 is 0 Å². The normalized spacial score (nSPS) is 15.5. The first-order chi connectivity index (χ1) is 11.2. The monoisotopic (exact) mass is 321 g/mol. The number of nitrogens with zero attached hydrogens (tertiary/aromatic N) is 1.